The van der Waals surface area contributed by atoms with E-state index >= 15 is 0 Å². The first-order chi connectivity index (χ1) is 20.3. The Kier molecular flexibility index (Phi) is 6.15. The molecule has 0 atom stereocenters. The van der Waals surface area contributed by atoms with Crippen molar-refractivity contribution in [1.82, 2.24) is 49.3 Å². The van der Waals surface area contributed by atoms with Gasteiger partial charge in [0.15, 0.2) is 11.5 Å². The van der Waals surface area contributed by atoms with E-state index in [0.29, 0.717) is 23.0 Å². The van der Waals surface area contributed by atoms with Crippen molar-refractivity contribution in [3.63, 3.8) is 0 Å². The Morgan fingerprint density at radius 2 is 2.02 bits per heavy atom. The van der Waals surface area contributed by atoms with Crippen LogP contribution in [0, 0.1) is 5.82 Å². The van der Waals surface area contributed by atoms with E-state index < -0.39 is 23.6 Å². The minimum Gasteiger partial charge on any atom is -0.474 e. The molecule has 6 heterocycles. The van der Waals surface area contributed by atoms with Gasteiger partial charge in [0, 0.05) is 24.2 Å². The number of carbonyl (C=O) groups excluding carboxylic acids is 1. The highest BCUT2D eigenvalue weighted by molar-refractivity contribution is 6.31. The second kappa shape index (κ2) is 10.0. The number of hydrogen-bond donors (Lipinski definition) is 2. The van der Waals surface area contributed by atoms with Gasteiger partial charge in [-0.25, -0.2) is 23.8 Å². The van der Waals surface area contributed by atoms with Gasteiger partial charge in [-0.15, -0.1) is 15.3 Å². The minimum absolute atomic E-state index is 0.0357. The molecule has 1 fully saturated rings. The lowest BCUT2D eigenvalue weighted by Gasteiger charge is -2.06. The number of aromatic carboxylic acids is 1. The summed E-state index contributed by atoms with van der Waals surface area (Å²) in [6.45, 7) is 0.200. The van der Waals surface area contributed by atoms with Crippen LogP contribution in [0.1, 0.15) is 68.3 Å². The van der Waals surface area contributed by atoms with Gasteiger partial charge in [0.2, 0.25) is 5.89 Å². The van der Waals surface area contributed by atoms with Crippen LogP contribution < -0.4 is 5.32 Å². The monoisotopic (exact) mass is 590 g/mol. The molecular formula is C26H20ClFN10O4. The number of pyridine rings is 2. The largest absolute Gasteiger partial charge is 0.474 e. The highest BCUT2D eigenvalue weighted by atomic mass is 35.5. The van der Waals surface area contributed by atoms with Crippen LogP contribution >= 0.6 is 11.6 Å². The van der Waals surface area contributed by atoms with Gasteiger partial charge < -0.3 is 23.6 Å². The van der Waals surface area contributed by atoms with Gasteiger partial charge in [-0.2, -0.15) is 0 Å². The first-order valence-corrected chi connectivity index (χ1v) is 13.2. The molecule has 1 amide bonds. The molecule has 6 aromatic heterocycles. The molecule has 0 spiro atoms. The number of carboxylic acid groups (broad SMARTS) is 1. The Morgan fingerprint density at radius 3 is 2.81 bits per heavy atom. The van der Waals surface area contributed by atoms with Crippen molar-refractivity contribution in [2.45, 2.75) is 38.3 Å². The third kappa shape index (κ3) is 4.83. The highest BCUT2D eigenvalue weighted by Gasteiger charge is 2.26. The highest BCUT2D eigenvalue weighted by Crippen LogP contribution is 2.40. The third-order valence-electron chi connectivity index (χ3n) is 6.92. The van der Waals surface area contributed by atoms with Crippen molar-refractivity contribution < 1.29 is 23.5 Å². The Bertz CT molecular complexity index is 2010. The summed E-state index contributed by atoms with van der Waals surface area (Å²) in [7, 11) is 0. The molecule has 14 nitrogen and oxygen atoms in total. The number of amides is 1. The topological polar surface area (TPSA) is 171 Å². The number of rotatable bonds is 9. The summed E-state index contributed by atoms with van der Waals surface area (Å²) < 4.78 is 24.6. The van der Waals surface area contributed by atoms with Crippen LogP contribution in [0.4, 0.5) is 4.39 Å². The van der Waals surface area contributed by atoms with E-state index in [9.17, 15) is 14.0 Å². The van der Waals surface area contributed by atoms with Crippen molar-refractivity contribution in [3.05, 3.63) is 94.1 Å². The van der Waals surface area contributed by atoms with Crippen molar-refractivity contribution >= 4 is 34.6 Å². The van der Waals surface area contributed by atoms with Crippen LogP contribution in [0.5, 0.6) is 0 Å². The average molecular weight is 591 g/mol. The van der Waals surface area contributed by atoms with E-state index in [0.717, 1.165) is 24.0 Å². The fourth-order valence-corrected chi connectivity index (χ4v) is 4.92. The number of halogens is 2. The maximum Gasteiger partial charge on any atom is 0.393 e. The maximum atomic E-state index is 14.5. The number of carbonyl (C=O) groups is 2. The third-order valence-corrected chi connectivity index (χ3v) is 7.21. The second-order valence-electron chi connectivity index (χ2n) is 9.93. The standard InChI is InChI=1S/C26H20ClFN10O4/c27-17-3-4-36-12-30-18(22(36)21(17)28)7-29-24(39)19-11-38(35-32-19)10-16-9-37-8-15(13-1-2-13)5-14(23(37)31-16)6-20-33-34-25(42-20)26(40)41/h3-5,8-9,11-13H,1-2,6-7,10H2,(H,29,39)(H,40,41). The molecule has 42 heavy (non-hydrogen) atoms. The summed E-state index contributed by atoms with van der Waals surface area (Å²) in [6, 6.07) is 3.46. The van der Waals surface area contributed by atoms with Crippen LogP contribution in [0.3, 0.4) is 0 Å². The number of hydrogen-bond acceptors (Lipinski definition) is 9. The SMILES string of the molecule is O=C(NCc1ncn2ccc(Cl)c(F)c12)c1cn(Cc2cn3cc(C4CC4)cc(Cc4nnc(C(=O)O)o4)c3n2)nn1. The number of imidazole rings is 2. The maximum absolute atomic E-state index is 14.5. The first kappa shape index (κ1) is 25.8. The van der Waals surface area contributed by atoms with Crippen LogP contribution in [0.2, 0.25) is 5.02 Å². The van der Waals surface area contributed by atoms with E-state index in [4.69, 9.17) is 26.1 Å². The predicted octanol–water partition coefficient (Wildman–Crippen LogP) is 2.89. The molecule has 7 rings (SSSR count). The van der Waals surface area contributed by atoms with Crippen molar-refractivity contribution in [2.75, 3.05) is 0 Å². The fourth-order valence-electron chi connectivity index (χ4n) is 4.78. The predicted molar refractivity (Wildman–Crippen MR) is 142 cm³/mol. The summed E-state index contributed by atoms with van der Waals surface area (Å²) >= 11 is 5.89. The van der Waals surface area contributed by atoms with Gasteiger partial charge in [-0.05, 0) is 36.5 Å². The minimum atomic E-state index is -1.29. The first-order valence-electron chi connectivity index (χ1n) is 12.9. The van der Waals surface area contributed by atoms with E-state index in [1.807, 2.05) is 22.9 Å². The molecular weight excluding hydrogens is 571 g/mol. The zero-order chi connectivity index (χ0) is 29.0. The molecule has 0 saturated heterocycles. The Labute approximate surface area is 239 Å². The summed E-state index contributed by atoms with van der Waals surface area (Å²) in [6.07, 6.45) is 10.8. The van der Waals surface area contributed by atoms with E-state index in [-0.39, 0.29) is 41.6 Å². The van der Waals surface area contributed by atoms with Crippen molar-refractivity contribution in [2.24, 2.45) is 0 Å². The molecule has 0 aromatic carbocycles. The van der Waals surface area contributed by atoms with Gasteiger partial charge in [0.1, 0.15) is 11.2 Å². The smallest absolute Gasteiger partial charge is 0.393 e. The van der Waals surface area contributed by atoms with Gasteiger partial charge in [0.05, 0.1) is 48.4 Å². The fraction of sp³-hybridized carbons (Fsp3) is 0.231. The molecule has 0 radical (unpaired) electrons. The zero-order valence-corrected chi connectivity index (χ0v) is 22.4. The van der Waals surface area contributed by atoms with Crippen LogP contribution in [0.25, 0.3) is 11.2 Å². The molecule has 0 unspecified atom stereocenters. The molecule has 1 aliphatic carbocycles. The van der Waals surface area contributed by atoms with Crippen molar-refractivity contribution in [1.29, 1.82) is 0 Å². The molecule has 2 N–H and O–H groups in total. The van der Waals surface area contributed by atoms with Gasteiger partial charge >= 0.3 is 11.9 Å². The molecule has 1 aliphatic rings. The summed E-state index contributed by atoms with van der Waals surface area (Å²) in [5, 5.41) is 27.2. The zero-order valence-electron chi connectivity index (χ0n) is 21.6. The Morgan fingerprint density at radius 1 is 1.17 bits per heavy atom. The van der Waals surface area contributed by atoms with Crippen LogP contribution in [0.15, 0.2) is 47.7 Å². The number of carboxylic acids is 1. The summed E-state index contributed by atoms with van der Waals surface area (Å²) in [5.41, 5.74) is 3.85. The van der Waals surface area contributed by atoms with Gasteiger partial charge in [0.25, 0.3) is 5.91 Å². The Hall–Kier alpha value is -5.18. The molecule has 0 bridgehead atoms. The average Bonchev–Trinajstić information content (AvgIpc) is 3.32. The molecule has 6 aromatic rings. The number of nitrogens with zero attached hydrogens (tertiary/aromatic N) is 9. The van der Waals surface area contributed by atoms with Crippen LogP contribution in [-0.4, -0.2) is 60.9 Å². The van der Waals surface area contributed by atoms with Crippen molar-refractivity contribution in [3.8, 4) is 0 Å². The number of aromatic nitrogens is 9. The lowest BCUT2D eigenvalue weighted by molar-refractivity contribution is 0.0651. The molecule has 212 valence electrons. The summed E-state index contributed by atoms with van der Waals surface area (Å²) in [5.74, 6) is -2.24. The second-order valence-corrected chi connectivity index (χ2v) is 10.3. The quantitative estimate of drug-likeness (QED) is 0.255. The summed E-state index contributed by atoms with van der Waals surface area (Å²) in [4.78, 5) is 32.8. The normalized spacial score (nSPS) is 13.3. The number of nitrogens with one attached hydrogen (secondary N) is 1. The lowest BCUT2D eigenvalue weighted by atomic mass is 10.1. The van der Waals surface area contributed by atoms with Gasteiger partial charge in [-0.3, -0.25) is 4.79 Å². The Balaban J connectivity index is 1.08. The molecule has 1 saturated carbocycles. The van der Waals surface area contributed by atoms with Crippen LogP contribution in [-0.2, 0) is 19.5 Å². The van der Waals surface area contributed by atoms with E-state index in [2.05, 4.69) is 30.8 Å². The lowest BCUT2D eigenvalue weighted by Crippen LogP contribution is -2.23. The van der Waals surface area contributed by atoms with Gasteiger partial charge in [-0.1, -0.05) is 16.8 Å². The van der Waals surface area contributed by atoms with E-state index in [1.165, 1.54) is 27.7 Å². The molecule has 0 aliphatic heterocycles. The number of fused-ring (bicyclic) bond motifs is 2. The van der Waals surface area contributed by atoms with E-state index in [1.54, 1.807) is 6.20 Å². The molecule has 16 heteroatoms.